The van der Waals surface area contributed by atoms with Crippen molar-refractivity contribution >= 4 is 3.53 Å². The zero-order valence-corrected chi connectivity index (χ0v) is 8.83. The van der Waals surface area contributed by atoms with Gasteiger partial charge in [-0.25, -0.2) is 0 Å². The van der Waals surface area contributed by atoms with E-state index in [4.69, 9.17) is 0 Å². The summed E-state index contributed by atoms with van der Waals surface area (Å²) in [7, 11) is 0. The Hall–Kier alpha value is 0.893. The van der Waals surface area contributed by atoms with Crippen molar-refractivity contribution in [3.63, 3.8) is 0 Å². The average molecular weight is 266 g/mol. The Labute approximate surface area is 86.5 Å². The first kappa shape index (κ1) is 16.5. The van der Waals surface area contributed by atoms with Crippen LogP contribution in [0.1, 0.15) is 0 Å². The van der Waals surface area contributed by atoms with E-state index in [-0.39, 0.29) is 37.2 Å². The molecule has 1 rings (SSSR count). The fraction of sp³-hybridized carbons (Fsp3) is 0. The maximum absolute atomic E-state index is 3.79. The molecule has 0 aliphatic carbocycles. The van der Waals surface area contributed by atoms with Gasteiger partial charge in [-0.15, -0.1) is 0 Å². The molecule has 1 aromatic heterocycles. The number of H-pyrrole nitrogens is 1. The van der Waals surface area contributed by atoms with Gasteiger partial charge in [0.1, 0.15) is 0 Å². The van der Waals surface area contributed by atoms with Crippen molar-refractivity contribution in [1.29, 1.82) is 0 Å². The van der Waals surface area contributed by atoms with Crippen LogP contribution >= 0.6 is 0 Å². The summed E-state index contributed by atoms with van der Waals surface area (Å²) >= 11 is 1.25. The van der Waals surface area contributed by atoms with Crippen molar-refractivity contribution in [3.05, 3.63) is 6.33 Å². The Balaban J connectivity index is -0.000000120. The van der Waals surface area contributed by atoms with Gasteiger partial charge in [-0.1, -0.05) is 0 Å². The number of aromatic nitrogens is 3. The second-order valence-electron chi connectivity index (χ2n) is 0.823. The van der Waals surface area contributed by atoms with Gasteiger partial charge in [0.2, 0.25) is 0 Å². The molecule has 0 bridgehead atoms. The number of hydrogen-bond donors (Lipinski definition) is 1. The van der Waals surface area contributed by atoms with Crippen LogP contribution in [0.3, 0.4) is 0 Å². The van der Waals surface area contributed by atoms with Crippen molar-refractivity contribution in [1.82, 2.24) is 15.2 Å². The summed E-state index contributed by atoms with van der Waals surface area (Å²) in [4.78, 5) is 3.79. The molecule has 0 atom stereocenters. The van der Waals surface area contributed by atoms with Crippen molar-refractivity contribution in [2.45, 2.75) is 0 Å². The summed E-state index contributed by atoms with van der Waals surface area (Å²) in [6.07, 6.45) is 1.57. The Morgan fingerprint density at radius 2 is 1.89 bits per heavy atom. The summed E-state index contributed by atoms with van der Waals surface area (Å²) in [6.45, 7) is 0. The first-order valence-electron chi connectivity index (χ1n) is 1.47. The number of nitrogens with one attached hydrogen (secondary N) is 1. The Kier molecular flexibility index (Phi) is 16.3. The Morgan fingerprint density at radius 1 is 1.33 bits per heavy atom. The predicted octanol–water partition coefficient (Wildman–Crippen LogP) is -10.0. The zero-order chi connectivity index (χ0) is 4.41. The van der Waals surface area contributed by atoms with Crippen LogP contribution in [0.5, 0.6) is 0 Å². The average Bonchev–Trinajstić information content (AvgIpc) is 1.86. The molecule has 0 amide bonds. The second-order valence-corrected chi connectivity index (χ2v) is 1.92. The van der Waals surface area contributed by atoms with Gasteiger partial charge in [-0.2, -0.15) is 0 Å². The predicted molar refractivity (Wildman–Crippen MR) is 16.0 cm³/mol. The van der Waals surface area contributed by atoms with E-state index in [2.05, 4.69) is 15.2 Å². The second kappa shape index (κ2) is 8.89. The number of rotatable bonds is 0. The Bertz CT molecular complexity index is 121. The van der Waals surface area contributed by atoms with E-state index in [9.17, 15) is 0 Å². The summed E-state index contributed by atoms with van der Waals surface area (Å²) in [5, 5.41) is 6.31. The van der Waals surface area contributed by atoms with Crippen molar-refractivity contribution in [3.8, 4) is 0 Å². The van der Waals surface area contributed by atoms with Gasteiger partial charge in [0.15, 0.2) is 0 Å². The van der Waals surface area contributed by atoms with Gasteiger partial charge >= 0.3 is 49.8 Å². The van der Waals surface area contributed by atoms with Gasteiger partial charge in [-0.05, 0) is 0 Å². The first-order valence-corrected chi connectivity index (χ1v) is 2.70. The van der Waals surface area contributed by atoms with Crippen LogP contribution in [0, 0.1) is 0 Å². The van der Waals surface area contributed by atoms with Gasteiger partial charge in [0, 0.05) is 0 Å². The van der Waals surface area contributed by atoms with Gasteiger partial charge in [0.25, 0.3) is 0 Å². The van der Waals surface area contributed by atoms with E-state index < -0.39 is 0 Å². The third-order valence-corrected chi connectivity index (χ3v) is 1.01. The molecule has 0 aliphatic heterocycles. The minimum atomic E-state index is 0. The molecule has 0 aromatic carbocycles. The van der Waals surface area contributed by atoms with E-state index in [0.717, 1.165) is 3.53 Å². The number of hydrogen-bond acceptors (Lipinski definition) is 2. The topological polar surface area (TPSA) is 41.6 Å². The van der Waals surface area contributed by atoms with Crippen LogP contribution < -0.4 is 40.8 Å². The SMILES string of the molecule is [Cl-].[Cl-].[Cl-].[Zr+3][c]1nc[nH]n1. The molecule has 0 unspecified atom stereocenters. The summed E-state index contributed by atoms with van der Waals surface area (Å²) < 4.78 is 0.877. The third kappa shape index (κ3) is 6.78. The van der Waals surface area contributed by atoms with E-state index in [1.165, 1.54) is 24.7 Å². The number of halogens is 3. The van der Waals surface area contributed by atoms with Crippen LogP contribution in [-0.2, 0) is 24.7 Å². The molecule has 1 aromatic rings. The molecule has 0 radical (unpaired) electrons. The van der Waals surface area contributed by atoms with Gasteiger partial charge in [0.05, 0.1) is 0 Å². The summed E-state index contributed by atoms with van der Waals surface area (Å²) in [5.41, 5.74) is 0. The van der Waals surface area contributed by atoms with Gasteiger partial charge < -0.3 is 37.2 Å². The summed E-state index contributed by atoms with van der Waals surface area (Å²) in [5.74, 6) is 0. The normalized spacial score (nSPS) is 6.00. The van der Waals surface area contributed by atoms with E-state index in [1.54, 1.807) is 6.33 Å². The van der Waals surface area contributed by atoms with E-state index in [1.807, 2.05) is 0 Å². The Morgan fingerprint density at radius 3 is 2.00 bits per heavy atom. The molecule has 7 heteroatoms. The first-order chi connectivity index (χ1) is 2.89. The van der Waals surface area contributed by atoms with Crippen molar-refractivity contribution < 1.29 is 61.9 Å². The third-order valence-electron chi connectivity index (χ3n) is 0.415. The quantitative estimate of drug-likeness (QED) is 0.506. The minimum absolute atomic E-state index is 0. The fourth-order valence-electron chi connectivity index (χ4n) is 0.209. The molecular weight excluding hydrogens is 264 g/mol. The van der Waals surface area contributed by atoms with Gasteiger partial charge in [-0.3, -0.25) is 0 Å². The van der Waals surface area contributed by atoms with Crippen LogP contribution in [0.4, 0.5) is 0 Å². The fourth-order valence-corrected chi connectivity index (χ4v) is 0.526. The monoisotopic (exact) mass is 263 g/mol. The van der Waals surface area contributed by atoms with E-state index in [0.29, 0.717) is 0 Å². The molecule has 0 fully saturated rings. The molecular formula is C2H2Cl3N3Zr. The zero-order valence-electron chi connectivity index (χ0n) is 4.11. The molecule has 0 aliphatic rings. The van der Waals surface area contributed by atoms with Crippen molar-refractivity contribution in [2.24, 2.45) is 0 Å². The molecule has 0 saturated carbocycles. The van der Waals surface area contributed by atoms with Crippen LogP contribution in [-0.4, -0.2) is 15.2 Å². The molecule has 0 spiro atoms. The molecule has 50 valence electrons. The van der Waals surface area contributed by atoms with Crippen LogP contribution in [0.25, 0.3) is 0 Å². The summed E-state index contributed by atoms with van der Waals surface area (Å²) in [6, 6.07) is 0. The maximum atomic E-state index is 3.79. The van der Waals surface area contributed by atoms with E-state index >= 15 is 0 Å². The van der Waals surface area contributed by atoms with Crippen LogP contribution in [0.15, 0.2) is 6.33 Å². The molecule has 1 N–H and O–H groups in total. The molecule has 3 nitrogen and oxygen atoms in total. The number of nitrogens with zero attached hydrogens (tertiary/aromatic N) is 2. The van der Waals surface area contributed by atoms with Crippen molar-refractivity contribution in [2.75, 3.05) is 0 Å². The van der Waals surface area contributed by atoms with Crippen LogP contribution in [0.2, 0.25) is 0 Å². The molecule has 1 heterocycles. The standard InChI is InChI=1S/C2H2N3.3ClH.Zr/c1-3-2-5-4-1;;;;/h1H,(H,3,4,5);3*1H;/q;;;;+3/p-3. The molecule has 9 heavy (non-hydrogen) atoms. The number of aromatic amines is 1. The molecule has 0 saturated heterocycles.